The molecule has 3 N–H and O–H groups in total. The molecule has 0 amide bonds. The van der Waals surface area contributed by atoms with Crippen molar-refractivity contribution < 1.29 is 4.39 Å². The Kier molecular flexibility index (Phi) is 5.38. The van der Waals surface area contributed by atoms with Crippen LogP contribution in [0.1, 0.15) is 38.3 Å². The number of nitrogens with two attached hydrogens (primary N) is 1. The van der Waals surface area contributed by atoms with E-state index in [0.29, 0.717) is 11.5 Å². The molecule has 0 saturated heterocycles. The van der Waals surface area contributed by atoms with Crippen LogP contribution in [0.2, 0.25) is 0 Å². The topological polar surface area (TPSA) is 38.0 Å². The van der Waals surface area contributed by atoms with Crippen molar-refractivity contribution in [3.05, 3.63) is 34.1 Å². The maximum absolute atomic E-state index is 13.6. The molecular formula is C12H18BrFN2. The Labute approximate surface area is 105 Å². The molecule has 0 aliphatic rings. The Bertz CT molecular complexity index is 344. The zero-order valence-electron chi connectivity index (χ0n) is 9.63. The van der Waals surface area contributed by atoms with E-state index in [9.17, 15) is 4.39 Å². The highest BCUT2D eigenvalue weighted by molar-refractivity contribution is 9.10. The second-order valence-corrected chi connectivity index (χ2v) is 5.05. The molecule has 0 bridgehead atoms. The normalized spacial score (nSPS) is 14.8. The Morgan fingerprint density at radius 1 is 1.50 bits per heavy atom. The summed E-state index contributed by atoms with van der Waals surface area (Å²) in [5.74, 6) is 5.79. The highest BCUT2D eigenvalue weighted by atomic mass is 79.9. The van der Waals surface area contributed by atoms with E-state index in [4.69, 9.17) is 5.84 Å². The highest BCUT2D eigenvalue weighted by Gasteiger charge is 2.17. The number of hydrazine groups is 1. The van der Waals surface area contributed by atoms with E-state index in [1.165, 1.54) is 6.07 Å². The number of hydrogen-bond donors (Lipinski definition) is 2. The number of hydrogen-bond acceptors (Lipinski definition) is 2. The predicted molar refractivity (Wildman–Crippen MR) is 68.2 cm³/mol. The van der Waals surface area contributed by atoms with Gasteiger partial charge in [0.15, 0.2) is 0 Å². The van der Waals surface area contributed by atoms with E-state index in [1.54, 1.807) is 12.1 Å². The Morgan fingerprint density at radius 3 is 2.75 bits per heavy atom. The lowest BCUT2D eigenvalue weighted by atomic mass is 9.94. The van der Waals surface area contributed by atoms with Gasteiger partial charge in [-0.15, -0.1) is 0 Å². The number of nitrogens with one attached hydrogen (secondary N) is 1. The minimum atomic E-state index is -0.213. The molecule has 0 aromatic heterocycles. The monoisotopic (exact) mass is 288 g/mol. The smallest absolute Gasteiger partial charge is 0.128 e. The summed E-state index contributed by atoms with van der Waals surface area (Å²) in [6.07, 6.45) is 1.90. The van der Waals surface area contributed by atoms with Crippen molar-refractivity contribution in [3.63, 3.8) is 0 Å². The molecule has 0 fully saturated rings. The molecule has 0 radical (unpaired) electrons. The fourth-order valence-corrected chi connectivity index (χ4v) is 2.01. The standard InChI is InChI=1S/C12H18BrFN2/c1-3-8(2)6-12(16-15)10-7-9(13)4-5-11(10)14/h4-5,7-8,12,16H,3,6,15H2,1-2H3. The first-order valence-corrected chi connectivity index (χ1v) is 6.28. The molecule has 16 heavy (non-hydrogen) atoms. The van der Waals surface area contributed by atoms with Gasteiger partial charge in [-0.05, 0) is 30.5 Å². The van der Waals surface area contributed by atoms with Crippen LogP contribution in [0.5, 0.6) is 0 Å². The molecule has 0 heterocycles. The van der Waals surface area contributed by atoms with Gasteiger partial charge in [0.1, 0.15) is 5.82 Å². The van der Waals surface area contributed by atoms with Crippen LogP contribution in [-0.4, -0.2) is 0 Å². The Morgan fingerprint density at radius 2 is 2.19 bits per heavy atom. The van der Waals surface area contributed by atoms with Crippen LogP contribution in [0.25, 0.3) is 0 Å². The van der Waals surface area contributed by atoms with Crippen LogP contribution in [0.4, 0.5) is 4.39 Å². The van der Waals surface area contributed by atoms with Crippen molar-refractivity contribution in [2.45, 2.75) is 32.7 Å². The summed E-state index contributed by atoms with van der Waals surface area (Å²) in [4.78, 5) is 0. The van der Waals surface area contributed by atoms with Crippen LogP contribution < -0.4 is 11.3 Å². The molecule has 1 aromatic rings. The first-order valence-electron chi connectivity index (χ1n) is 5.49. The van der Waals surface area contributed by atoms with E-state index in [-0.39, 0.29) is 11.9 Å². The molecule has 1 aromatic carbocycles. The van der Waals surface area contributed by atoms with Crippen molar-refractivity contribution >= 4 is 15.9 Å². The Hall–Kier alpha value is -0.450. The molecule has 0 aliphatic carbocycles. The summed E-state index contributed by atoms with van der Waals surface area (Å²) in [6, 6.07) is 4.80. The van der Waals surface area contributed by atoms with Crippen molar-refractivity contribution in [2.75, 3.05) is 0 Å². The predicted octanol–water partition coefficient (Wildman–Crippen LogP) is 3.53. The van der Waals surface area contributed by atoms with Crippen molar-refractivity contribution in [1.82, 2.24) is 5.43 Å². The largest absolute Gasteiger partial charge is 0.271 e. The third kappa shape index (κ3) is 3.54. The second kappa shape index (κ2) is 6.33. The van der Waals surface area contributed by atoms with Crippen LogP contribution in [0.15, 0.2) is 22.7 Å². The SMILES string of the molecule is CCC(C)CC(NN)c1cc(Br)ccc1F. The lowest BCUT2D eigenvalue weighted by molar-refractivity contribution is 0.397. The highest BCUT2D eigenvalue weighted by Crippen LogP contribution is 2.26. The minimum Gasteiger partial charge on any atom is -0.271 e. The zero-order valence-corrected chi connectivity index (χ0v) is 11.2. The summed E-state index contributed by atoms with van der Waals surface area (Å²) >= 11 is 3.34. The van der Waals surface area contributed by atoms with Gasteiger partial charge in [0.25, 0.3) is 0 Å². The molecule has 2 nitrogen and oxygen atoms in total. The summed E-state index contributed by atoms with van der Waals surface area (Å²) in [5.41, 5.74) is 3.31. The van der Waals surface area contributed by atoms with Gasteiger partial charge in [0.2, 0.25) is 0 Å². The van der Waals surface area contributed by atoms with Crippen molar-refractivity contribution in [1.29, 1.82) is 0 Å². The molecule has 0 aliphatic heterocycles. The van der Waals surface area contributed by atoms with Gasteiger partial charge in [-0.3, -0.25) is 11.3 Å². The lowest BCUT2D eigenvalue weighted by Crippen LogP contribution is -2.30. The van der Waals surface area contributed by atoms with Crippen molar-refractivity contribution in [3.8, 4) is 0 Å². The van der Waals surface area contributed by atoms with E-state index < -0.39 is 0 Å². The van der Waals surface area contributed by atoms with Gasteiger partial charge in [-0.25, -0.2) is 4.39 Å². The van der Waals surface area contributed by atoms with Crippen LogP contribution in [0.3, 0.4) is 0 Å². The molecule has 1 rings (SSSR count). The Balaban J connectivity index is 2.89. The lowest BCUT2D eigenvalue weighted by Gasteiger charge is -2.20. The molecular weight excluding hydrogens is 271 g/mol. The summed E-state index contributed by atoms with van der Waals surface area (Å²) < 4.78 is 14.5. The fourth-order valence-electron chi connectivity index (χ4n) is 1.64. The van der Waals surface area contributed by atoms with Crippen LogP contribution >= 0.6 is 15.9 Å². The van der Waals surface area contributed by atoms with Gasteiger partial charge >= 0.3 is 0 Å². The van der Waals surface area contributed by atoms with Gasteiger partial charge < -0.3 is 0 Å². The number of halogens is 2. The van der Waals surface area contributed by atoms with Crippen LogP contribution in [0, 0.1) is 11.7 Å². The van der Waals surface area contributed by atoms with E-state index in [0.717, 1.165) is 17.3 Å². The molecule has 2 unspecified atom stereocenters. The molecule has 2 atom stereocenters. The molecule has 0 saturated carbocycles. The third-order valence-corrected chi connectivity index (χ3v) is 3.36. The molecule has 0 spiro atoms. The maximum Gasteiger partial charge on any atom is 0.128 e. The average Bonchev–Trinajstić information content (AvgIpc) is 2.29. The van der Waals surface area contributed by atoms with Gasteiger partial charge in [-0.1, -0.05) is 36.2 Å². The second-order valence-electron chi connectivity index (χ2n) is 4.13. The summed E-state index contributed by atoms with van der Waals surface area (Å²) in [6.45, 7) is 4.26. The van der Waals surface area contributed by atoms with Gasteiger partial charge in [0.05, 0.1) is 0 Å². The molecule has 90 valence electrons. The minimum absolute atomic E-state index is 0.132. The zero-order chi connectivity index (χ0) is 12.1. The average molecular weight is 289 g/mol. The van der Waals surface area contributed by atoms with E-state index in [1.807, 2.05) is 0 Å². The quantitative estimate of drug-likeness (QED) is 0.643. The fraction of sp³-hybridized carbons (Fsp3) is 0.500. The van der Waals surface area contributed by atoms with Gasteiger partial charge in [0, 0.05) is 16.1 Å². The maximum atomic E-state index is 13.6. The van der Waals surface area contributed by atoms with Crippen molar-refractivity contribution in [2.24, 2.45) is 11.8 Å². The summed E-state index contributed by atoms with van der Waals surface area (Å²) in [5, 5.41) is 0. The number of benzene rings is 1. The van der Waals surface area contributed by atoms with Crippen LogP contribution in [-0.2, 0) is 0 Å². The summed E-state index contributed by atoms with van der Waals surface area (Å²) in [7, 11) is 0. The third-order valence-electron chi connectivity index (χ3n) is 2.87. The van der Waals surface area contributed by atoms with E-state index >= 15 is 0 Å². The van der Waals surface area contributed by atoms with E-state index in [2.05, 4.69) is 35.2 Å². The molecule has 4 heteroatoms. The first kappa shape index (κ1) is 13.6. The number of rotatable bonds is 5. The van der Waals surface area contributed by atoms with Gasteiger partial charge in [-0.2, -0.15) is 0 Å². The first-order chi connectivity index (χ1) is 7.58.